The molecule has 0 aromatic heterocycles. The first-order valence-electron chi connectivity index (χ1n) is 8.81. The lowest BCUT2D eigenvalue weighted by molar-refractivity contribution is -0.113. The van der Waals surface area contributed by atoms with Crippen molar-refractivity contribution in [2.45, 2.75) is 32.7 Å². The van der Waals surface area contributed by atoms with Crippen molar-refractivity contribution in [2.24, 2.45) is 0 Å². The quantitative estimate of drug-likeness (QED) is 0.640. The predicted molar refractivity (Wildman–Crippen MR) is 115 cm³/mol. The molecule has 1 aliphatic heterocycles. The maximum Gasteiger partial charge on any atom is 0.255 e. The van der Waals surface area contributed by atoms with Gasteiger partial charge in [-0.1, -0.05) is 55.8 Å². The van der Waals surface area contributed by atoms with Crippen LogP contribution in [0.15, 0.2) is 59.8 Å². The summed E-state index contributed by atoms with van der Waals surface area (Å²) in [6, 6.07) is 14.9. The third-order valence-corrected chi connectivity index (χ3v) is 5.02. The minimum absolute atomic E-state index is 0.164. The van der Waals surface area contributed by atoms with E-state index in [0.717, 1.165) is 22.5 Å². The van der Waals surface area contributed by atoms with Gasteiger partial charge in [-0.05, 0) is 54.4 Å². The second kappa shape index (κ2) is 8.11. The number of para-hydroxylation sites is 1. The Labute approximate surface area is 170 Å². The van der Waals surface area contributed by atoms with E-state index in [4.69, 9.17) is 23.8 Å². The molecular formula is C21H22ClN3OS. The van der Waals surface area contributed by atoms with E-state index in [9.17, 15) is 4.79 Å². The summed E-state index contributed by atoms with van der Waals surface area (Å²) in [7, 11) is 0. The van der Waals surface area contributed by atoms with Crippen molar-refractivity contribution in [3.63, 3.8) is 0 Å². The summed E-state index contributed by atoms with van der Waals surface area (Å²) in [5.74, 6) is 0.141. The number of allylic oxidation sites excluding steroid dienone is 1. The molecule has 140 valence electrons. The number of nitrogens with one attached hydrogen (secondary N) is 3. The van der Waals surface area contributed by atoms with Crippen molar-refractivity contribution in [2.75, 3.05) is 5.32 Å². The Hall–Kier alpha value is -2.37. The minimum Gasteiger partial charge on any atom is -0.351 e. The molecule has 0 spiro atoms. The van der Waals surface area contributed by atoms with Crippen LogP contribution in [0.2, 0.25) is 5.02 Å². The smallest absolute Gasteiger partial charge is 0.255 e. The SMILES string of the molecule is CC1=C(C(=O)Nc2ccccc2C(C)C)[C@H](c2ccc(Cl)cc2)NC(=S)N1. The van der Waals surface area contributed by atoms with Crippen LogP contribution in [0.5, 0.6) is 0 Å². The number of benzene rings is 2. The van der Waals surface area contributed by atoms with E-state index in [-0.39, 0.29) is 11.9 Å². The van der Waals surface area contributed by atoms with Crippen molar-refractivity contribution in [1.82, 2.24) is 10.6 Å². The Bertz CT molecular complexity index is 906. The highest BCUT2D eigenvalue weighted by Gasteiger charge is 2.30. The molecule has 0 unspecified atom stereocenters. The summed E-state index contributed by atoms with van der Waals surface area (Å²) < 4.78 is 0. The molecule has 1 aliphatic rings. The predicted octanol–water partition coefficient (Wildman–Crippen LogP) is 4.89. The van der Waals surface area contributed by atoms with Gasteiger partial charge >= 0.3 is 0 Å². The summed E-state index contributed by atoms with van der Waals surface area (Å²) in [4.78, 5) is 13.2. The van der Waals surface area contributed by atoms with Crippen LogP contribution in [0.25, 0.3) is 0 Å². The first kappa shape index (κ1) is 19.4. The van der Waals surface area contributed by atoms with Crippen LogP contribution in [0.4, 0.5) is 5.69 Å². The Balaban J connectivity index is 1.96. The highest BCUT2D eigenvalue weighted by atomic mass is 35.5. The van der Waals surface area contributed by atoms with E-state index in [1.807, 2.05) is 55.5 Å². The number of amides is 1. The first-order valence-corrected chi connectivity index (χ1v) is 9.59. The zero-order valence-corrected chi connectivity index (χ0v) is 17.0. The molecule has 1 heterocycles. The fourth-order valence-electron chi connectivity index (χ4n) is 3.20. The van der Waals surface area contributed by atoms with Crippen molar-refractivity contribution in [3.8, 4) is 0 Å². The maximum absolute atomic E-state index is 13.2. The second-order valence-corrected chi connectivity index (χ2v) is 7.66. The number of rotatable bonds is 4. The standard InChI is InChI=1S/C21H22ClN3OS/c1-12(2)16-6-4-5-7-17(16)24-20(26)18-13(3)23-21(27)25-19(18)14-8-10-15(22)11-9-14/h4-12,19H,1-3H3,(H,24,26)(H2,23,25,27)/t19-/m0/s1. The maximum atomic E-state index is 13.2. The fourth-order valence-corrected chi connectivity index (χ4v) is 3.60. The molecular weight excluding hydrogens is 378 g/mol. The van der Waals surface area contributed by atoms with Gasteiger partial charge in [-0.2, -0.15) is 0 Å². The number of hydrogen-bond acceptors (Lipinski definition) is 2. The third-order valence-electron chi connectivity index (χ3n) is 4.55. The number of halogens is 1. The van der Waals surface area contributed by atoms with Crippen LogP contribution in [0, 0.1) is 0 Å². The molecule has 0 bridgehead atoms. The molecule has 2 aromatic carbocycles. The monoisotopic (exact) mass is 399 g/mol. The molecule has 0 fully saturated rings. The van der Waals surface area contributed by atoms with Crippen LogP contribution >= 0.6 is 23.8 Å². The zero-order chi connectivity index (χ0) is 19.6. The number of carbonyl (C=O) groups is 1. The zero-order valence-electron chi connectivity index (χ0n) is 15.5. The Morgan fingerprint density at radius 3 is 2.48 bits per heavy atom. The first-order chi connectivity index (χ1) is 12.9. The lowest BCUT2D eigenvalue weighted by Gasteiger charge is -2.30. The largest absolute Gasteiger partial charge is 0.351 e. The third kappa shape index (κ3) is 4.31. The van der Waals surface area contributed by atoms with Crippen molar-refractivity contribution in [1.29, 1.82) is 0 Å². The summed E-state index contributed by atoms with van der Waals surface area (Å²) in [5.41, 5.74) is 4.17. The van der Waals surface area contributed by atoms with E-state index in [2.05, 4.69) is 29.8 Å². The fraction of sp³-hybridized carbons (Fsp3) is 0.238. The molecule has 0 saturated carbocycles. The molecule has 27 heavy (non-hydrogen) atoms. The van der Waals surface area contributed by atoms with Crippen molar-refractivity contribution >= 4 is 40.5 Å². The lowest BCUT2D eigenvalue weighted by Crippen LogP contribution is -2.45. The Morgan fingerprint density at radius 1 is 1.15 bits per heavy atom. The van der Waals surface area contributed by atoms with Gasteiger partial charge in [0.1, 0.15) is 0 Å². The average molecular weight is 400 g/mol. The van der Waals surface area contributed by atoms with Crippen LogP contribution in [-0.4, -0.2) is 11.0 Å². The van der Waals surface area contributed by atoms with E-state index < -0.39 is 0 Å². The minimum atomic E-state index is -0.345. The Morgan fingerprint density at radius 2 is 1.81 bits per heavy atom. The van der Waals surface area contributed by atoms with E-state index >= 15 is 0 Å². The average Bonchev–Trinajstić information content (AvgIpc) is 2.61. The van der Waals surface area contributed by atoms with Gasteiger partial charge in [-0.3, -0.25) is 4.79 Å². The second-order valence-electron chi connectivity index (χ2n) is 6.82. The van der Waals surface area contributed by atoms with Gasteiger partial charge in [0.25, 0.3) is 5.91 Å². The van der Waals surface area contributed by atoms with Gasteiger partial charge in [0.2, 0.25) is 0 Å². The number of carbonyl (C=O) groups excluding carboxylic acids is 1. The van der Waals surface area contributed by atoms with Crippen molar-refractivity contribution in [3.05, 3.63) is 76.0 Å². The number of thiocarbonyl (C=S) groups is 1. The number of anilines is 1. The molecule has 0 aliphatic carbocycles. The van der Waals surface area contributed by atoms with Gasteiger partial charge in [0.05, 0.1) is 11.6 Å². The highest BCUT2D eigenvalue weighted by Crippen LogP contribution is 2.30. The molecule has 2 aromatic rings. The van der Waals surface area contributed by atoms with Crippen molar-refractivity contribution < 1.29 is 4.79 Å². The van der Waals surface area contributed by atoms with E-state index in [1.54, 1.807) is 0 Å². The van der Waals surface area contributed by atoms with Gasteiger partial charge in [0.15, 0.2) is 5.11 Å². The van der Waals surface area contributed by atoms with Crippen LogP contribution in [0.1, 0.15) is 43.9 Å². The van der Waals surface area contributed by atoms with Gasteiger partial charge in [0, 0.05) is 16.4 Å². The van der Waals surface area contributed by atoms with E-state index in [0.29, 0.717) is 21.6 Å². The van der Waals surface area contributed by atoms with E-state index in [1.165, 1.54) is 0 Å². The topological polar surface area (TPSA) is 53.2 Å². The summed E-state index contributed by atoms with van der Waals surface area (Å²) in [5, 5.41) is 10.5. The highest BCUT2D eigenvalue weighted by molar-refractivity contribution is 7.80. The van der Waals surface area contributed by atoms with Crippen LogP contribution < -0.4 is 16.0 Å². The molecule has 4 nitrogen and oxygen atoms in total. The van der Waals surface area contributed by atoms with Crippen LogP contribution in [0.3, 0.4) is 0 Å². The summed E-state index contributed by atoms with van der Waals surface area (Å²) in [6.45, 7) is 6.07. The summed E-state index contributed by atoms with van der Waals surface area (Å²) in [6.07, 6.45) is 0. The summed E-state index contributed by atoms with van der Waals surface area (Å²) >= 11 is 11.3. The van der Waals surface area contributed by atoms with Gasteiger partial charge in [-0.25, -0.2) is 0 Å². The number of hydrogen-bond donors (Lipinski definition) is 3. The molecule has 1 amide bonds. The lowest BCUT2D eigenvalue weighted by atomic mass is 9.94. The van der Waals surface area contributed by atoms with Crippen LogP contribution in [-0.2, 0) is 4.79 Å². The molecule has 3 rings (SSSR count). The molecule has 0 saturated heterocycles. The molecule has 0 radical (unpaired) electrons. The normalized spacial score (nSPS) is 16.8. The van der Waals surface area contributed by atoms with Gasteiger partial charge < -0.3 is 16.0 Å². The molecule has 1 atom stereocenters. The van der Waals surface area contributed by atoms with Gasteiger partial charge in [-0.15, -0.1) is 0 Å². The molecule has 6 heteroatoms. The molecule has 3 N–H and O–H groups in total. The Kier molecular flexibility index (Phi) is 5.82.